The third-order valence-electron chi connectivity index (χ3n) is 5.94. The normalized spacial score (nSPS) is 29.9. The zero-order chi connectivity index (χ0) is 20.4. The molecule has 10 heteroatoms. The van der Waals surface area contributed by atoms with E-state index in [2.05, 4.69) is 4.98 Å². The quantitative estimate of drug-likeness (QED) is 0.681. The van der Waals surface area contributed by atoms with Gasteiger partial charge in [-0.2, -0.15) is 0 Å². The fourth-order valence-corrected chi connectivity index (χ4v) is 4.34. The van der Waals surface area contributed by atoms with Gasteiger partial charge in [-0.15, -0.1) is 0 Å². The molecule has 154 valence electrons. The van der Waals surface area contributed by atoms with Crippen LogP contribution in [0.25, 0.3) is 11.3 Å². The minimum atomic E-state index is -3.17. The van der Waals surface area contributed by atoms with E-state index in [0.29, 0.717) is 0 Å². The van der Waals surface area contributed by atoms with Gasteiger partial charge in [0.15, 0.2) is 0 Å². The molecule has 3 atom stereocenters. The number of hydrogen-bond donors (Lipinski definition) is 2. The molecule has 1 aromatic heterocycles. The largest absolute Gasteiger partial charge is 0.497 e. The van der Waals surface area contributed by atoms with Gasteiger partial charge in [-0.3, -0.25) is 19.2 Å². The summed E-state index contributed by atoms with van der Waals surface area (Å²) in [6.45, 7) is -0.255. The third-order valence-corrected chi connectivity index (χ3v) is 5.94. The molecule has 0 radical (unpaired) electrons. The second-order valence-corrected chi connectivity index (χ2v) is 7.75. The Labute approximate surface area is 157 Å². The predicted molar refractivity (Wildman–Crippen MR) is 94.1 cm³/mol. The summed E-state index contributed by atoms with van der Waals surface area (Å²) in [5.41, 5.74) is -1.26. The lowest BCUT2D eigenvalue weighted by Gasteiger charge is -2.34. The summed E-state index contributed by atoms with van der Waals surface area (Å²) >= 11 is 0. The number of methoxy groups -OCH3 is 1. The topological polar surface area (TPSA) is 87.6 Å². The highest BCUT2D eigenvalue weighted by atomic mass is 19.3. The first-order valence-corrected chi connectivity index (χ1v) is 9.22. The average Bonchev–Trinajstić information content (AvgIpc) is 3.40. The first-order valence-electron chi connectivity index (χ1n) is 9.22. The minimum Gasteiger partial charge on any atom is -0.497 e. The fourth-order valence-electron chi connectivity index (χ4n) is 4.34. The van der Waals surface area contributed by atoms with E-state index in [0.717, 1.165) is 12.8 Å². The molecular formula is C18H22F3N3O4. The molecule has 2 aliphatic carbocycles. The Morgan fingerprint density at radius 1 is 1.32 bits per heavy atom. The van der Waals surface area contributed by atoms with Crippen molar-refractivity contribution in [1.82, 2.24) is 14.5 Å². The van der Waals surface area contributed by atoms with Crippen LogP contribution in [0, 0.1) is 5.92 Å². The van der Waals surface area contributed by atoms with Gasteiger partial charge in [0, 0.05) is 12.6 Å². The minimum absolute atomic E-state index is 0.00223. The van der Waals surface area contributed by atoms with Gasteiger partial charge < -0.3 is 9.84 Å². The van der Waals surface area contributed by atoms with Crippen LogP contribution in [0.2, 0.25) is 0 Å². The first-order chi connectivity index (χ1) is 13.2. The number of halogens is 3. The summed E-state index contributed by atoms with van der Waals surface area (Å²) in [6.07, 6.45) is -0.305. The van der Waals surface area contributed by atoms with Crippen molar-refractivity contribution in [2.45, 2.75) is 43.9 Å². The summed E-state index contributed by atoms with van der Waals surface area (Å²) in [6, 6.07) is -1.34. The number of nitrogens with zero attached hydrogens (tertiary/aromatic N) is 2. The summed E-state index contributed by atoms with van der Waals surface area (Å²) in [7, 11) is 1.28. The summed E-state index contributed by atoms with van der Waals surface area (Å²) < 4.78 is 50.6. The van der Waals surface area contributed by atoms with Crippen molar-refractivity contribution in [3.8, 4) is 0 Å². The van der Waals surface area contributed by atoms with E-state index >= 15 is 4.39 Å². The summed E-state index contributed by atoms with van der Waals surface area (Å²) in [5, 5.41) is 9.48. The number of ether oxygens (including phenoxy) is 1. The average molecular weight is 401 g/mol. The lowest BCUT2D eigenvalue weighted by Crippen LogP contribution is -2.62. The molecule has 0 amide bonds. The van der Waals surface area contributed by atoms with E-state index in [9.17, 15) is 23.5 Å². The number of aromatic amines is 1. The van der Waals surface area contributed by atoms with E-state index in [1.165, 1.54) is 23.5 Å². The van der Waals surface area contributed by atoms with Crippen molar-refractivity contribution in [1.29, 1.82) is 0 Å². The molecule has 2 heterocycles. The molecule has 1 aliphatic heterocycles. The zero-order valence-electron chi connectivity index (χ0n) is 15.5. The van der Waals surface area contributed by atoms with Crippen LogP contribution in [0.3, 0.4) is 0 Å². The first kappa shape index (κ1) is 19.3. The van der Waals surface area contributed by atoms with Crippen LogP contribution in [0.1, 0.15) is 25.8 Å². The van der Waals surface area contributed by atoms with Crippen molar-refractivity contribution in [2.24, 2.45) is 5.92 Å². The molecule has 3 unspecified atom stereocenters. The lowest BCUT2D eigenvalue weighted by atomic mass is 9.94. The van der Waals surface area contributed by atoms with Crippen molar-refractivity contribution >= 4 is 11.3 Å². The van der Waals surface area contributed by atoms with E-state index in [1.54, 1.807) is 0 Å². The van der Waals surface area contributed by atoms with Crippen molar-refractivity contribution in [3.63, 3.8) is 0 Å². The zero-order valence-corrected chi connectivity index (χ0v) is 15.5. The van der Waals surface area contributed by atoms with Crippen molar-refractivity contribution < 1.29 is 23.0 Å². The molecule has 7 nitrogen and oxygen atoms in total. The number of aromatic nitrogens is 2. The molecule has 3 aliphatic rings. The molecule has 0 bridgehead atoms. The van der Waals surface area contributed by atoms with E-state index in [4.69, 9.17) is 4.74 Å². The molecule has 1 aromatic rings. The van der Waals surface area contributed by atoms with Gasteiger partial charge in [-0.05, 0) is 25.3 Å². The van der Waals surface area contributed by atoms with Crippen molar-refractivity contribution in [3.05, 3.63) is 31.4 Å². The van der Waals surface area contributed by atoms with Gasteiger partial charge >= 0.3 is 5.69 Å². The number of likely N-dealkylation sites (tertiary alicyclic amines) is 1. The smallest absolute Gasteiger partial charge is 0.329 e. The van der Waals surface area contributed by atoms with E-state index < -0.39 is 48.5 Å². The molecule has 2 N–H and O–H groups in total. The molecule has 1 saturated heterocycles. The molecule has 4 rings (SSSR count). The van der Waals surface area contributed by atoms with Gasteiger partial charge in [-0.25, -0.2) is 18.0 Å². The van der Waals surface area contributed by atoms with E-state index in [-0.39, 0.29) is 34.5 Å². The van der Waals surface area contributed by atoms with Crippen LogP contribution in [-0.2, 0) is 4.74 Å². The number of aliphatic hydroxyl groups is 1. The maximum atomic E-state index is 15.4. The number of fused-ring (bicyclic) bond motifs is 1. The second kappa shape index (κ2) is 6.48. The number of H-pyrrole nitrogens is 1. The number of rotatable bonds is 4. The highest BCUT2D eigenvalue weighted by Crippen LogP contribution is 2.38. The molecule has 1 saturated carbocycles. The maximum absolute atomic E-state index is 15.4. The van der Waals surface area contributed by atoms with Gasteiger partial charge in [0.2, 0.25) is 0 Å². The molecule has 0 aromatic carbocycles. The lowest BCUT2D eigenvalue weighted by molar-refractivity contribution is -0.0446. The van der Waals surface area contributed by atoms with Gasteiger partial charge in [0.1, 0.15) is 18.0 Å². The van der Waals surface area contributed by atoms with Crippen LogP contribution >= 0.6 is 0 Å². The maximum Gasteiger partial charge on any atom is 0.329 e. The summed E-state index contributed by atoms with van der Waals surface area (Å²) in [4.78, 5) is 28.3. The Kier molecular flexibility index (Phi) is 4.46. The van der Waals surface area contributed by atoms with Gasteiger partial charge in [0.05, 0.1) is 36.7 Å². The number of aliphatic hydroxyl groups excluding tert-OH is 1. The number of hydrogen-bond acceptors (Lipinski definition) is 5. The SMILES string of the molecule is COC1=c2c(c(=O)[nH]c(=O)n2C2CC2)=C(C)C(F)C1N1CC(CO)C(F)(F)C1. The Morgan fingerprint density at radius 3 is 2.54 bits per heavy atom. The van der Waals surface area contributed by atoms with Gasteiger partial charge in [0.25, 0.3) is 11.5 Å². The highest BCUT2D eigenvalue weighted by Gasteiger charge is 2.52. The van der Waals surface area contributed by atoms with Crippen LogP contribution in [0.15, 0.2) is 9.59 Å². The Balaban J connectivity index is 1.99. The number of alkyl halides is 3. The standard InChI is InChI=1S/C18H22F3N3O4/c1-8-11-13(24(10-3-4-10)17(27)22-16(11)26)15(28-2)14(12(8)19)23-5-9(6-25)18(20,21)7-23/h9-10,12,14,25H,3-7H2,1-2H3,(H,22,26,27). The van der Waals surface area contributed by atoms with Crippen LogP contribution in [0.4, 0.5) is 13.2 Å². The molecule has 28 heavy (non-hydrogen) atoms. The molecule has 2 fully saturated rings. The second-order valence-electron chi connectivity index (χ2n) is 7.75. The monoisotopic (exact) mass is 401 g/mol. The molecule has 0 spiro atoms. The fraction of sp³-hybridized carbons (Fsp3) is 0.667. The van der Waals surface area contributed by atoms with Gasteiger partial charge in [-0.1, -0.05) is 0 Å². The van der Waals surface area contributed by atoms with Crippen LogP contribution < -0.4 is 21.8 Å². The Bertz CT molecular complexity index is 1040. The Hall–Kier alpha value is -2.07. The Morgan fingerprint density at radius 2 is 2.00 bits per heavy atom. The molecular weight excluding hydrogens is 379 g/mol. The van der Waals surface area contributed by atoms with E-state index in [1.807, 2.05) is 0 Å². The third kappa shape index (κ3) is 2.73. The van der Waals surface area contributed by atoms with Crippen molar-refractivity contribution in [2.75, 3.05) is 26.8 Å². The van der Waals surface area contributed by atoms with Crippen LogP contribution in [-0.4, -0.2) is 64.5 Å². The predicted octanol–water partition coefficient (Wildman–Crippen LogP) is -0.924. The van der Waals surface area contributed by atoms with Crippen LogP contribution in [0.5, 0.6) is 0 Å². The number of nitrogens with one attached hydrogen (secondary N) is 1. The summed E-state index contributed by atoms with van der Waals surface area (Å²) in [5.74, 6) is -4.49. The highest BCUT2D eigenvalue weighted by molar-refractivity contribution is 5.60.